The van der Waals surface area contributed by atoms with Crippen LogP contribution in [0.25, 0.3) is 10.9 Å². The van der Waals surface area contributed by atoms with Gasteiger partial charge in [-0.2, -0.15) is 0 Å². The van der Waals surface area contributed by atoms with Crippen molar-refractivity contribution in [1.29, 1.82) is 0 Å². The third-order valence-corrected chi connectivity index (χ3v) is 6.73. The lowest BCUT2D eigenvalue weighted by molar-refractivity contribution is -0.0291. The Labute approximate surface area is 237 Å². The van der Waals surface area contributed by atoms with E-state index in [2.05, 4.69) is 6.58 Å². The Hall–Kier alpha value is -3.17. The van der Waals surface area contributed by atoms with Crippen molar-refractivity contribution in [2.24, 2.45) is 11.8 Å². The molecule has 2 aromatic rings. The fraction of sp³-hybridized carbons (Fsp3) is 0.581. The van der Waals surface area contributed by atoms with Gasteiger partial charge in [-0.3, -0.25) is 4.79 Å². The molecule has 0 N–H and O–H groups in total. The molecule has 1 aliphatic rings. The lowest BCUT2D eigenvalue weighted by atomic mass is 9.81. The van der Waals surface area contributed by atoms with Gasteiger partial charge < -0.3 is 23.8 Å². The molecule has 0 aliphatic carbocycles. The van der Waals surface area contributed by atoms with E-state index in [1.165, 1.54) is 4.57 Å². The molecule has 40 heavy (non-hydrogen) atoms. The minimum atomic E-state index is -0.743. The molecule has 1 amide bonds. The first-order valence-corrected chi connectivity index (χ1v) is 13.8. The van der Waals surface area contributed by atoms with Crippen LogP contribution in [0.3, 0.4) is 0 Å². The average molecular weight is 557 g/mol. The molecular formula is C31H44N2O7. The molecular weight excluding hydrogens is 512 g/mol. The molecule has 1 aliphatic heterocycles. The molecule has 1 aromatic heterocycles. The van der Waals surface area contributed by atoms with Gasteiger partial charge in [-0.1, -0.05) is 24.3 Å². The van der Waals surface area contributed by atoms with Crippen molar-refractivity contribution in [3.05, 3.63) is 48.2 Å². The number of piperidine rings is 1. The van der Waals surface area contributed by atoms with Crippen LogP contribution in [0.2, 0.25) is 0 Å². The van der Waals surface area contributed by atoms with Crippen LogP contribution >= 0.6 is 0 Å². The van der Waals surface area contributed by atoms with Gasteiger partial charge in [-0.05, 0) is 77.8 Å². The average Bonchev–Trinajstić information content (AvgIpc) is 3.19. The smallest absolute Gasteiger partial charge is 0.419 e. The lowest BCUT2D eigenvalue weighted by Gasteiger charge is -2.37. The summed E-state index contributed by atoms with van der Waals surface area (Å²) in [6.45, 7) is 16.2. The van der Waals surface area contributed by atoms with E-state index in [0.29, 0.717) is 43.7 Å². The monoisotopic (exact) mass is 556 g/mol. The van der Waals surface area contributed by atoms with Crippen molar-refractivity contribution in [1.82, 2.24) is 9.47 Å². The van der Waals surface area contributed by atoms with Crippen LogP contribution in [-0.4, -0.2) is 72.2 Å². The summed E-state index contributed by atoms with van der Waals surface area (Å²) in [6, 6.07) is 7.45. The fourth-order valence-electron chi connectivity index (χ4n) is 5.04. The van der Waals surface area contributed by atoms with Gasteiger partial charge in [-0.15, -0.1) is 6.58 Å². The zero-order chi connectivity index (χ0) is 29.7. The van der Waals surface area contributed by atoms with E-state index in [1.54, 1.807) is 38.9 Å². The van der Waals surface area contributed by atoms with Crippen molar-refractivity contribution in [3.63, 3.8) is 0 Å². The molecule has 0 spiro atoms. The maximum atomic E-state index is 14.1. The van der Waals surface area contributed by atoms with Gasteiger partial charge in [0, 0.05) is 32.0 Å². The summed E-state index contributed by atoms with van der Waals surface area (Å²) in [5, 5.41) is 0.803. The van der Waals surface area contributed by atoms with Crippen LogP contribution in [0.5, 0.6) is 0 Å². The Morgan fingerprint density at radius 2 is 1.68 bits per heavy atom. The number of carbonyl (C=O) groups is 3. The van der Waals surface area contributed by atoms with Crippen molar-refractivity contribution < 1.29 is 33.3 Å². The Morgan fingerprint density at radius 1 is 1.02 bits per heavy atom. The number of fused-ring (bicyclic) bond motifs is 1. The van der Waals surface area contributed by atoms with Gasteiger partial charge in [0.2, 0.25) is 0 Å². The number of para-hydroxylation sites is 1. The molecule has 3 rings (SSSR count). The van der Waals surface area contributed by atoms with Crippen LogP contribution in [0.1, 0.15) is 70.4 Å². The molecule has 2 heterocycles. The summed E-state index contributed by atoms with van der Waals surface area (Å²) in [5.74, 6) is -0.309. The zero-order valence-electron chi connectivity index (χ0n) is 25.0. The Balaban J connectivity index is 1.95. The van der Waals surface area contributed by atoms with Gasteiger partial charge in [0.25, 0.3) is 0 Å². The highest BCUT2D eigenvalue weighted by Gasteiger charge is 2.35. The molecule has 1 saturated heterocycles. The van der Waals surface area contributed by atoms with Gasteiger partial charge in [0.1, 0.15) is 18.0 Å². The Kier molecular flexibility index (Phi) is 10.2. The van der Waals surface area contributed by atoms with E-state index in [9.17, 15) is 14.4 Å². The van der Waals surface area contributed by atoms with Gasteiger partial charge >= 0.3 is 12.2 Å². The maximum absolute atomic E-state index is 14.1. The second-order valence-electron chi connectivity index (χ2n) is 12.2. The van der Waals surface area contributed by atoms with Gasteiger partial charge in [-0.25, -0.2) is 14.2 Å². The molecule has 0 saturated carbocycles. The molecule has 0 unspecified atom stereocenters. The summed E-state index contributed by atoms with van der Waals surface area (Å²) in [7, 11) is 1.55. The number of hydrogen-bond donors (Lipinski definition) is 0. The minimum absolute atomic E-state index is 0.0497. The number of ketones is 1. The van der Waals surface area contributed by atoms with E-state index >= 15 is 0 Å². The maximum Gasteiger partial charge on any atom is 0.419 e. The Bertz CT molecular complexity index is 1220. The zero-order valence-corrected chi connectivity index (χ0v) is 25.0. The van der Waals surface area contributed by atoms with Crippen LogP contribution in [0.4, 0.5) is 9.59 Å². The molecule has 220 valence electrons. The Morgan fingerprint density at radius 3 is 2.30 bits per heavy atom. The van der Waals surface area contributed by atoms with Crippen molar-refractivity contribution in [3.8, 4) is 0 Å². The third kappa shape index (κ3) is 7.95. The second kappa shape index (κ2) is 13.0. The number of likely N-dealkylation sites (tertiary alicyclic amines) is 1. The fourth-order valence-corrected chi connectivity index (χ4v) is 5.04. The topological polar surface area (TPSA) is 96.3 Å². The molecule has 2 atom stereocenters. The summed E-state index contributed by atoms with van der Waals surface area (Å²) in [5.41, 5.74) is 0.332. The molecule has 0 radical (unpaired) electrons. The number of rotatable bonds is 9. The number of aromatic nitrogens is 1. The number of carbonyl (C=O) groups excluding carboxylic acids is 3. The molecule has 9 heteroatoms. The van der Waals surface area contributed by atoms with E-state index in [0.717, 1.165) is 10.9 Å². The van der Waals surface area contributed by atoms with Crippen LogP contribution in [0, 0.1) is 11.8 Å². The van der Waals surface area contributed by atoms with Crippen LogP contribution in [0.15, 0.2) is 36.9 Å². The summed E-state index contributed by atoms with van der Waals surface area (Å²) < 4.78 is 23.3. The van der Waals surface area contributed by atoms with E-state index < -0.39 is 17.3 Å². The largest absolute Gasteiger partial charge is 0.444 e. The van der Waals surface area contributed by atoms with Gasteiger partial charge in [0.15, 0.2) is 5.78 Å². The first kappa shape index (κ1) is 31.4. The molecule has 1 aromatic carbocycles. The SMILES string of the molecule is C=C[C@@H]1CN(C(=O)OC(C)(C)C)CC[C@@H]1CC(=O)c1c(CCOCOC)c2ccccc2n1C(=O)OC(C)(C)C. The van der Waals surface area contributed by atoms with Crippen molar-refractivity contribution in [2.75, 3.05) is 33.6 Å². The van der Waals surface area contributed by atoms with Crippen molar-refractivity contribution >= 4 is 28.9 Å². The normalized spacial score (nSPS) is 18.0. The summed E-state index contributed by atoms with van der Waals surface area (Å²) in [4.78, 5) is 42.0. The number of benzene rings is 1. The number of amides is 1. The second-order valence-corrected chi connectivity index (χ2v) is 12.2. The van der Waals surface area contributed by atoms with E-state index in [4.69, 9.17) is 18.9 Å². The predicted molar refractivity (Wildman–Crippen MR) is 154 cm³/mol. The van der Waals surface area contributed by atoms with Crippen molar-refractivity contribution in [2.45, 2.75) is 72.0 Å². The number of Topliss-reactive ketones (excluding diaryl/α,β-unsaturated/α-hetero) is 1. The third-order valence-electron chi connectivity index (χ3n) is 6.73. The highest BCUT2D eigenvalue weighted by Crippen LogP contribution is 2.34. The van der Waals surface area contributed by atoms with Gasteiger partial charge in [0.05, 0.1) is 17.8 Å². The van der Waals surface area contributed by atoms with Crippen LogP contribution in [-0.2, 0) is 25.4 Å². The first-order chi connectivity index (χ1) is 18.8. The highest BCUT2D eigenvalue weighted by atomic mass is 16.7. The van der Waals surface area contributed by atoms with E-state index in [-0.39, 0.29) is 36.9 Å². The standard InChI is InChI=1S/C31H44N2O7/c1-9-21-19-32(28(35)39-30(2,3)4)16-14-22(21)18-26(34)27-24(15-17-38-20-37-8)23-12-10-11-13-25(23)33(27)29(36)40-31(5,6)7/h9-13,21-22H,1,14-20H2,2-8H3/t21-,22-/m1/s1. The molecule has 1 fully saturated rings. The number of hydrogen-bond acceptors (Lipinski definition) is 7. The molecule has 0 bridgehead atoms. The highest BCUT2D eigenvalue weighted by molar-refractivity contribution is 6.07. The molecule has 9 nitrogen and oxygen atoms in total. The van der Waals surface area contributed by atoms with Crippen LogP contribution < -0.4 is 0 Å². The summed E-state index contributed by atoms with van der Waals surface area (Å²) >= 11 is 0. The quantitative estimate of drug-likeness (QED) is 0.157. The van der Waals surface area contributed by atoms with E-state index in [1.807, 2.05) is 45.0 Å². The number of nitrogens with zero attached hydrogens (tertiary/aromatic N) is 2. The number of ether oxygens (including phenoxy) is 4. The number of methoxy groups -OCH3 is 1. The predicted octanol–water partition coefficient (Wildman–Crippen LogP) is 6.22. The summed E-state index contributed by atoms with van der Waals surface area (Å²) in [6.07, 6.45) is 2.06. The minimum Gasteiger partial charge on any atom is -0.444 e. The lowest BCUT2D eigenvalue weighted by Crippen LogP contribution is -2.45. The first-order valence-electron chi connectivity index (χ1n) is 13.8.